The van der Waals surface area contributed by atoms with E-state index in [1.807, 2.05) is 0 Å². The number of esters is 1. The summed E-state index contributed by atoms with van der Waals surface area (Å²) in [4.78, 5) is 37.0. The van der Waals surface area contributed by atoms with Crippen molar-refractivity contribution in [1.29, 1.82) is 0 Å². The summed E-state index contributed by atoms with van der Waals surface area (Å²) in [7, 11) is 1.57. The van der Waals surface area contributed by atoms with Crippen LogP contribution < -0.4 is 10.6 Å². The van der Waals surface area contributed by atoms with E-state index in [1.165, 1.54) is 33.8 Å². The van der Waals surface area contributed by atoms with E-state index >= 15 is 0 Å². The maximum Gasteiger partial charge on any atom is 0.343 e. The largest absolute Gasteiger partial charge is 0.452 e. The summed E-state index contributed by atoms with van der Waals surface area (Å²) < 4.78 is 19.5. The van der Waals surface area contributed by atoms with Crippen LogP contribution in [-0.2, 0) is 21.4 Å². The number of nitrogens with zero attached hydrogens (tertiary/aromatic N) is 3. The summed E-state index contributed by atoms with van der Waals surface area (Å²) in [5.41, 5.74) is 5.90. The number of aryl methyl sites for hydroxylation is 2. The molecule has 0 unspecified atom stereocenters. The number of hydrogen-bond donors (Lipinski definition) is 1. The number of halogens is 2. The van der Waals surface area contributed by atoms with E-state index in [4.69, 9.17) is 22.1 Å². The van der Waals surface area contributed by atoms with Gasteiger partial charge in [-0.05, 0) is 31.2 Å². The zero-order valence-electron chi connectivity index (χ0n) is 14.7. The van der Waals surface area contributed by atoms with Gasteiger partial charge in [-0.3, -0.25) is 14.3 Å². The molecule has 144 valence electrons. The Balaban J connectivity index is 2.11. The third-order valence-corrected chi connectivity index (χ3v) is 4.14. The molecule has 1 heterocycles. The van der Waals surface area contributed by atoms with E-state index in [-0.39, 0.29) is 23.7 Å². The van der Waals surface area contributed by atoms with Crippen LogP contribution in [0, 0.1) is 12.7 Å². The van der Waals surface area contributed by atoms with Crippen LogP contribution in [0.3, 0.4) is 0 Å². The monoisotopic (exact) mass is 396 g/mol. The first kappa shape index (κ1) is 20.4. The molecule has 0 aliphatic rings. The molecule has 2 N–H and O–H groups in total. The minimum atomic E-state index is -0.798. The second-order valence-electron chi connectivity index (χ2n) is 5.69. The summed E-state index contributed by atoms with van der Waals surface area (Å²) in [5.74, 6) is -2.49. The van der Waals surface area contributed by atoms with E-state index in [0.717, 1.165) is 0 Å². The highest BCUT2D eigenvalue weighted by Crippen LogP contribution is 2.20. The van der Waals surface area contributed by atoms with Crippen LogP contribution in [0.5, 0.6) is 0 Å². The van der Waals surface area contributed by atoms with E-state index in [9.17, 15) is 18.8 Å². The van der Waals surface area contributed by atoms with Crippen molar-refractivity contribution in [3.05, 3.63) is 46.5 Å². The number of hydrogen-bond acceptors (Lipinski definition) is 5. The van der Waals surface area contributed by atoms with Crippen molar-refractivity contribution >= 4 is 35.1 Å². The highest BCUT2D eigenvalue weighted by Gasteiger charge is 2.23. The molecule has 10 heteroatoms. The van der Waals surface area contributed by atoms with Crippen LogP contribution in [0.4, 0.5) is 10.1 Å². The standard InChI is InChI=1S/C17H18ClFN4O4/c1-10-15(16(18)22(2)21-10)17(26)27-9-14(25)23(8-7-13(20)24)12-5-3-11(19)4-6-12/h3-6H,7-9H2,1-2H3,(H2,20,24). The zero-order chi connectivity index (χ0) is 20.1. The number of nitrogens with two attached hydrogens (primary N) is 1. The molecule has 2 rings (SSSR count). The van der Waals surface area contributed by atoms with Crippen molar-refractivity contribution in [3.63, 3.8) is 0 Å². The van der Waals surface area contributed by atoms with Gasteiger partial charge in [0.25, 0.3) is 5.91 Å². The predicted octanol–water partition coefficient (Wildman–Crippen LogP) is 1.59. The lowest BCUT2D eigenvalue weighted by atomic mass is 10.2. The molecule has 0 atom stereocenters. The van der Waals surface area contributed by atoms with Gasteiger partial charge >= 0.3 is 5.97 Å². The normalized spacial score (nSPS) is 10.5. The molecule has 27 heavy (non-hydrogen) atoms. The molecule has 0 radical (unpaired) electrons. The molecule has 0 fully saturated rings. The van der Waals surface area contributed by atoms with Gasteiger partial charge in [0.2, 0.25) is 5.91 Å². The number of aromatic nitrogens is 2. The van der Waals surface area contributed by atoms with E-state index in [2.05, 4.69) is 5.10 Å². The summed E-state index contributed by atoms with van der Waals surface area (Å²) in [6.07, 6.45) is -0.107. The Labute approximate surface area is 159 Å². The Bertz CT molecular complexity index is 867. The lowest BCUT2D eigenvalue weighted by Crippen LogP contribution is -2.37. The van der Waals surface area contributed by atoms with Crippen LogP contribution in [0.25, 0.3) is 0 Å². The second kappa shape index (κ2) is 8.63. The quantitative estimate of drug-likeness (QED) is 0.715. The molecule has 0 saturated heterocycles. The van der Waals surface area contributed by atoms with Crippen molar-refractivity contribution in [3.8, 4) is 0 Å². The van der Waals surface area contributed by atoms with Crippen LogP contribution in [0.2, 0.25) is 5.15 Å². The topological polar surface area (TPSA) is 108 Å². The number of rotatable bonds is 7. The minimum Gasteiger partial charge on any atom is -0.452 e. The van der Waals surface area contributed by atoms with E-state index < -0.39 is 30.2 Å². The minimum absolute atomic E-state index is 0.0377. The molecule has 1 aromatic carbocycles. The van der Waals surface area contributed by atoms with Crippen LogP contribution in [0.1, 0.15) is 22.5 Å². The van der Waals surface area contributed by atoms with Crippen molar-refractivity contribution in [2.45, 2.75) is 13.3 Å². The molecule has 0 aliphatic heterocycles. The maximum atomic E-state index is 13.1. The van der Waals surface area contributed by atoms with Crippen molar-refractivity contribution in [2.24, 2.45) is 12.8 Å². The number of carbonyl (C=O) groups is 3. The summed E-state index contributed by atoms with van der Waals surface area (Å²) in [6.45, 7) is 0.950. The van der Waals surface area contributed by atoms with Gasteiger partial charge in [-0.1, -0.05) is 11.6 Å². The Hall–Kier alpha value is -2.94. The smallest absolute Gasteiger partial charge is 0.343 e. The lowest BCUT2D eigenvalue weighted by molar-refractivity contribution is -0.121. The fourth-order valence-electron chi connectivity index (χ4n) is 2.38. The number of amides is 2. The average molecular weight is 397 g/mol. The van der Waals surface area contributed by atoms with Crippen molar-refractivity contribution < 1.29 is 23.5 Å². The van der Waals surface area contributed by atoms with Gasteiger partial charge in [-0.25, -0.2) is 9.18 Å². The highest BCUT2D eigenvalue weighted by molar-refractivity contribution is 6.32. The van der Waals surface area contributed by atoms with Gasteiger partial charge in [-0.15, -0.1) is 0 Å². The molecule has 0 spiro atoms. The second-order valence-corrected chi connectivity index (χ2v) is 6.05. The van der Waals surface area contributed by atoms with Crippen molar-refractivity contribution in [1.82, 2.24) is 9.78 Å². The van der Waals surface area contributed by atoms with Gasteiger partial charge < -0.3 is 15.4 Å². The SMILES string of the molecule is Cc1nn(C)c(Cl)c1C(=O)OCC(=O)N(CCC(N)=O)c1ccc(F)cc1. The lowest BCUT2D eigenvalue weighted by Gasteiger charge is -2.22. The Morgan fingerprint density at radius 2 is 1.93 bits per heavy atom. The maximum absolute atomic E-state index is 13.1. The third kappa shape index (κ3) is 5.04. The molecule has 8 nitrogen and oxygen atoms in total. The summed E-state index contributed by atoms with van der Waals surface area (Å²) >= 11 is 6.00. The molecule has 2 amide bonds. The summed E-state index contributed by atoms with van der Waals surface area (Å²) in [6, 6.07) is 5.09. The fraction of sp³-hybridized carbons (Fsp3) is 0.294. The van der Waals surface area contributed by atoms with Gasteiger partial charge in [0, 0.05) is 25.7 Å². The first-order valence-electron chi connectivity index (χ1n) is 7.91. The van der Waals surface area contributed by atoms with E-state index in [1.54, 1.807) is 14.0 Å². The average Bonchev–Trinajstić information content (AvgIpc) is 2.86. The molecular formula is C17H18ClFN4O4. The first-order chi connectivity index (χ1) is 12.7. The first-order valence-corrected chi connectivity index (χ1v) is 8.29. The third-order valence-electron chi connectivity index (χ3n) is 3.70. The number of ether oxygens (including phenoxy) is 1. The highest BCUT2D eigenvalue weighted by atomic mass is 35.5. The summed E-state index contributed by atoms with van der Waals surface area (Å²) in [5, 5.41) is 4.09. The molecule has 0 aliphatic carbocycles. The molecule has 1 aromatic heterocycles. The van der Waals surface area contributed by atoms with Gasteiger partial charge in [-0.2, -0.15) is 5.10 Å². The number of benzene rings is 1. The zero-order valence-corrected chi connectivity index (χ0v) is 15.5. The van der Waals surface area contributed by atoms with Gasteiger partial charge in [0.05, 0.1) is 5.69 Å². The fourth-order valence-corrected chi connectivity index (χ4v) is 2.63. The van der Waals surface area contributed by atoms with Crippen LogP contribution >= 0.6 is 11.6 Å². The molecule has 0 bridgehead atoms. The van der Waals surface area contributed by atoms with Gasteiger partial charge in [0.15, 0.2) is 6.61 Å². The molecular weight excluding hydrogens is 379 g/mol. The Morgan fingerprint density at radius 1 is 1.30 bits per heavy atom. The number of anilines is 1. The Kier molecular flexibility index (Phi) is 6.51. The molecule has 2 aromatic rings. The van der Waals surface area contributed by atoms with Crippen LogP contribution in [0.15, 0.2) is 24.3 Å². The van der Waals surface area contributed by atoms with Crippen LogP contribution in [-0.4, -0.2) is 40.7 Å². The molecule has 0 saturated carbocycles. The van der Waals surface area contributed by atoms with E-state index in [0.29, 0.717) is 11.4 Å². The number of carbonyl (C=O) groups excluding carboxylic acids is 3. The number of primary amides is 1. The van der Waals surface area contributed by atoms with Crippen molar-refractivity contribution in [2.75, 3.05) is 18.1 Å². The predicted molar refractivity (Wildman–Crippen MR) is 95.8 cm³/mol. The van der Waals surface area contributed by atoms with Gasteiger partial charge in [0.1, 0.15) is 16.5 Å². The Morgan fingerprint density at radius 3 is 2.44 bits per heavy atom.